The number of nitrogens with zero attached hydrogens (tertiary/aromatic N) is 3. The van der Waals surface area contributed by atoms with Crippen LogP contribution < -0.4 is 5.32 Å². The largest absolute Gasteiger partial charge is 0.365 e. The summed E-state index contributed by atoms with van der Waals surface area (Å²) in [7, 11) is 0. The van der Waals surface area contributed by atoms with Crippen LogP contribution in [-0.2, 0) is 28.5 Å². The lowest BCUT2D eigenvalue weighted by Gasteiger charge is -2.41. The van der Waals surface area contributed by atoms with Crippen molar-refractivity contribution in [2.45, 2.75) is 95.5 Å². The number of ether oxygens (including phenoxy) is 4. The van der Waals surface area contributed by atoms with Gasteiger partial charge in [-0.25, -0.2) is 6.57 Å². The first-order valence-corrected chi connectivity index (χ1v) is 12.3. The smallest absolute Gasteiger partial charge is 0.300 e. The number of piperidine rings is 1. The lowest BCUT2D eigenvalue weighted by molar-refractivity contribution is -0.219. The predicted molar refractivity (Wildman–Crippen MR) is 123 cm³/mol. The maximum atomic E-state index is 12.6. The average molecular weight is 479 g/mol. The monoisotopic (exact) mass is 478 g/mol. The van der Waals surface area contributed by atoms with E-state index in [-0.39, 0.29) is 54.9 Å². The molecule has 4 heterocycles. The third-order valence-electron chi connectivity index (χ3n) is 7.32. The summed E-state index contributed by atoms with van der Waals surface area (Å²) in [5, 5.41) is 3.46. The zero-order valence-electron chi connectivity index (χ0n) is 20.7. The Bertz CT molecular complexity index is 806. The molecule has 0 aliphatic carbocycles. The Morgan fingerprint density at radius 2 is 1.91 bits per heavy atom. The van der Waals surface area contributed by atoms with E-state index >= 15 is 0 Å². The average Bonchev–Trinajstić information content (AvgIpc) is 3.45. The van der Waals surface area contributed by atoms with Crippen LogP contribution in [0.15, 0.2) is 0 Å². The molecule has 4 aliphatic heterocycles. The summed E-state index contributed by atoms with van der Waals surface area (Å²) in [5.74, 6) is -0.759. The minimum Gasteiger partial charge on any atom is -0.365 e. The number of carbonyl (C=O) groups is 2. The normalized spacial score (nSPS) is 34.7. The van der Waals surface area contributed by atoms with E-state index in [0.717, 1.165) is 38.8 Å². The highest BCUT2D eigenvalue weighted by molar-refractivity contribution is 5.79. The summed E-state index contributed by atoms with van der Waals surface area (Å²) in [6.07, 6.45) is 1.71. The molecule has 4 fully saturated rings. The second-order valence-electron chi connectivity index (χ2n) is 10.7. The highest BCUT2D eigenvalue weighted by Crippen LogP contribution is 2.39. The number of ketones is 1. The standard InChI is InChI=1S/C24H38N4O6/c1-16(29)15-31-20-17(32-22-21(20)33-23(2,3)34-22)14-27-11-8-24(4,9-12-27)26-13-19(30)28-10-6-7-18(28)25-5/h17-18,20-22,26H,6-15H2,1-4H3/t17-,18+,20+,21-,22-/m1/s1. The van der Waals surface area contributed by atoms with Crippen LogP contribution >= 0.6 is 0 Å². The van der Waals surface area contributed by atoms with Crippen LogP contribution in [0.3, 0.4) is 0 Å². The van der Waals surface area contributed by atoms with E-state index in [9.17, 15) is 9.59 Å². The molecule has 0 unspecified atom stereocenters. The van der Waals surface area contributed by atoms with Gasteiger partial charge in [-0.1, -0.05) is 0 Å². The number of rotatable bonds is 8. The number of fused-ring (bicyclic) bond motifs is 1. The summed E-state index contributed by atoms with van der Waals surface area (Å²) in [5.41, 5.74) is -0.132. The second-order valence-corrected chi connectivity index (χ2v) is 10.7. The zero-order valence-corrected chi connectivity index (χ0v) is 20.7. The number of carbonyl (C=O) groups excluding carboxylic acids is 2. The lowest BCUT2D eigenvalue weighted by Crippen LogP contribution is -2.55. The number of amides is 1. The van der Waals surface area contributed by atoms with Gasteiger partial charge in [0.1, 0.15) is 24.9 Å². The molecule has 1 N–H and O–H groups in total. The van der Waals surface area contributed by atoms with Crippen LogP contribution in [0.2, 0.25) is 0 Å². The third kappa shape index (κ3) is 5.78. The fourth-order valence-electron chi connectivity index (χ4n) is 5.33. The molecule has 4 rings (SSSR count). The van der Waals surface area contributed by atoms with E-state index in [1.54, 1.807) is 4.90 Å². The van der Waals surface area contributed by atoms with Gasteiger partial charge in [0.25, 0.3) is 0 Å². The van der Waals surface area contributed by atoms with Crippen molar-refractivity contribution in [3.05, 3.63) is 11.4 Å². The van der Waals surface area contributed by atoms with E-state index in [2.05, 4.69) is 22.0 Å². The molecule has 0 radical (unpaired) electrons. The van der Waals surface area contributed by atoms with Gasteiger partial charge in [0.05, 0.1) is 6.54 Å². The highest BCUT2D eigenvalue weighted by atomic mass is 16.8. The van der Waals surface area contributed by atoms with Crippen molar-refractivity contribution in [1.82, 2.24) is 15.1 Å². The molecule has 0 aromatic carbocycles. The van der Waals surface area contributed by atoms with E-state index in [4.69, 9.17) is 25.5 Å². The Morgan fingerprint density at radius 1 is 1.18 bits per heavy atom. The summed E-state index contributed by atoms with van der Waals surface area (Å²) >= 11 is 0. The lowest BCUT2D eigenvalue weighted by atomic mass is 9.89. The number of Topliss-reactive ketones (excluding diaryl/α,β-unsaturated/α-hetero) is 1. The van der Waals surface area contributed by atoms with Crippen molar-refractivity contribution < 1.29 is 28.5 Å². The van der Waals surface area contributed by atoms with Gasteiger partial charge in [-0.05, 0) is 60.0 Å². The van der Waals surface area contributed by atoms with Crippen molar-refractivity contribution in [2.75, 3.05) is 39.3 Å². The first-order valence-electron chi connectivity index (χ1n) is 12.3. The van der Waals surface area contributed by atoms with Gasteiger partial charge >= 0.3 is 6.17 Å². The predicted octanol–water partition coefficient (Wildman–Crippen LogP) is 1.15. The zero-order chi connectivity index (χ0) is 24.5. The first kappa shape index (κ1) is 25.5. The summed E-state index contributed by atoms with van der Waals surface area (Å²) in [6, 6.07) is 0. The second kappa shape index (κ2) is 10.2. The van der Waals surface area contributed by atoms with Crippen LogP contribution in [0.1, 0.15) is 53.4 Å². The van der Waals surface area contributed by atoms with Crippen molar-refractivity contribution in [2.24, 2.45) is 0 Å². The molecular formula is C24H38N4O6. The number of hydrogen-bond acceptors (Lipinski definition) is 8. The molecule has 0 spiro atoms. The van der Waals surface area contributed by atoms with E-state index in [0.29, 0.717) is 13.1 Å². The molecule has 0 bridgehead atoms. The van der Waals surface area contributed by atoms with E-state index in [1.165, 1.54) is 6.92 Å². The van der Waals surface area contributed by atoms with Crippen LogP contribution in [-0.4, -0.2) is 103 Å². The Kier molecular flexibility index (Phi) is 7.62. The van der Waals surface area contributed by atoms with Crippen molar-refractivity contribution in [3.63, 3.8) is 0 Å². The van der Waals surface area contributed by atoms with Crippen LogP contribution in [0.4, 0.5) is 0 Å². The third-order valence-corrected chi connectivity index (χ3v) is 7.32. The van der Waals surface area contributed by atoms with Crippen molar-refractivity contribution in [3.8, 4) is 0 Å². The van der Waals surface area contributed by atoms with E-state index < -0.39 is 12.1 Å². The van der Waals surface area contributed by atoms with Crippen LogP contribution in [0.5, 0.6) is 0 Å². The minimum atomic E-state index is -0.738. The fourth-order valence-corrected chi connectivity index (χ4v) is 5.33. The van der Waals surface area contributed by atoms with Gasteiger partial charge in [0, 0.05) is 25.0 Å². The van der Waals surface area contributed by atoms with Crippen molar-refractivity contribution >= 4 is 11.7 Å². The molecule has 4 saturated heterocycles. The van der Waals surface area contributed by atoms with Crippen molar-refractivity contribution in [1.29, 1.82) is 0 Å². The van der Waals surface area contributed by atoms with Gasteiger partial charge < -0.3 is 29.2 Å². The Labute approximate surface area is 202 Å². The van der Waals surface area contributed by atoms with Gasteiger partial charge in [0.15, 0.2) is 17.9 Å². The number of nitrogens with one attached hydrogen (secondary N) is 1. The quantitative estimate of drug-likeness (QED) is 0.520. The maximum Gasteiger partial charge on any atom is 0.300 e. The van der Waals surface area contributed by atoms with Crippen LogP contribution in [0, 0.1) is 6.57 Å². The molecule has 10 nitrogen and oxygen atoms in total. The Morgan fingerprint density at radius 3 is 2.59 bits per heavy atom. The van der Waals surface area contributed by atoms with Gasteiger partial charge in [0.2, 0.25) is 5.91 Å². The summed E-state index contributed by atoms with van der Waals surface area (Å²) in [4.78, 5) is 31.8. The Balaban J connectivity index is 1.27. The van der Waals surface area contributed by atoms with E-state index in [1.807, 2.05) is 13.8 Å². The molecule has 1 amide bonds. The fraction of sp³-hybridized carbons (Fsp3) is 0.875. The topological polar surface area (TPSA) is 93.9 Å². The maximum absolute atomic E-state index is 12.6. The molecule has 34 heavy (non-hydrogen) atoms. The molecule has 10 heteroatoms. The highest BCUT2D eigenvalue weighted by Gasteiger charge is 2.55. The molecule has 0 aromatic rings. The molecular weight excluding hydrogens is 440 g/mol. The van der Waals surface area contributed by atoms with Crippen LogP contribution in [0.25, 0.3) is 4.85 Å². The SMILES string of the molecule is [C-]#[N+][C@@H]1CCCN1C(=O)CNC1(C)CCN(C[C@H]2O[C@@H]3OC(C)(C)O[C@@H]3[C@H]2OCC(C)=O)CC1. The van der Waals surface area contributed by atoms with Gasteiger partial charge in [-0.15, -0.1) is 0 Å². The molecule has 190 valence electrons. The number of likely N-dealkylation sites (tertiary alicyclic amines) is 2. The molecule has 0 aromatic heterocycles. The summed E-state index contributed by atoms with van der Waals surface area (Å²) < 4.78 is 24.0. The number of hydrogen-bond donors (Lipinski definition) is 1. The molecule has 0 saturated carbocycles. The molecule has 4 aliphatic rings. The summed E-state index contributed by atoms with van der Waals surface area (Å²) in [6.45, 7) is 18.0. The first-order chi connectivity index (χ1) is 16.1. The minimum absolute atomic E-state index is 0.0152. The molecule has 5 atom stereocenters. The van der Waals surface area contributed by atoms with Gasteiger partial charge in [-0.3, -0.25) is 19.3 Å². The van der Waals surface area contributed by atoms with Gasteiger partial charge in [-0.2, -0.15) is 0 Å². The Hall–Kier alpha value is -1.61.